The number of rotatable bonds is 6. The molecular formula is C14H25NO2. The standard InChI is InChI=1S/C14H25NO2/c1-5-11(12-7-6-10-17-12)15-13(8-9-16)14(2,3)4/h6-7,10-11,13,15-16H,5,8-9H2,1-4H3. The number of aliphatic hydroxyl groups excluding tert-OH is 1. The van der Waals surface area contributed by atoms with Crippen LogP contribution >= 0.6 is 0 Å². The summed E-state index contributed by atoms with van der Waals surface area (Å²) in [5.74, 6) is 0.972. The Morgan fingerprint density at radius 1 is 1.41 bits per heavy atom. The minimum absolute atomic E-state index is 0.128. The Bertz CT molecular complexity index is 301. The molecule has 0 aromatic carbocycles. The molecule has 3 nitrogen and oxygen atoms in total. The van der Waals surface area contributed by atoms with Gasteiger partial charge in [0.25, 0.3) is 0 Å². The molecule has 0 radical (unpaired) electrons. The molecule has 0 saturated heterocycles. The second-order valence-corrected chi connectivity index (χ2v) is 5.57. The Hall–Kier alpha value is -0.800. The molecule has 0 aliphatic heterocycles. The Balaban J connectivity index is 2.71. The van der Waals surface area contributed by atoms with Crippen LogP contribution in [0.15, 0.2) is 22.8 Å². The molecule has 0 bridgehead atoms. The van der Waals surface area contributed by atoms with Crippen LogP contribution in [0, 0.1) is 5.41 Å². The number of hydrogen-bond donors (Lipinski definition) is 2. The topological polar surface area (TPSA) is 45.4 Å². The summed E-state index contributed by atoms with van der Waals surface area (Å²) in [4.78, 5) is 0. The maximum absolute atomic E-state index is 9.15. The minimum Gasteiger partial charge on any atom is -0.468 e. The lowest BCUT2D eigenvalue weighted by Crippen LogP contribution is -2.42. The van der Waals surface area contributed by atoms with E-state index in [1.165, 1.54) is 0 Å². The quantitative estimate of drug-likeness (QED) is 0.801. The summed E-state index contributed by atoms with van der Waals surface area (Å²) in [6, 6.07) is 4.42. The first-order valence-corrected chi connectivity index (χ1v) is 6.39. The summed E-state index contributed by atoms with van der Waals surface area (Å²) >= 11 is 0. The largest absolute Gasteiger partial charge is 0.468 e. The Kier molecular flexibility index (Phi) is 5.22. The highest BCUT2D eigenvalue weighted by Crippen LogP contribution is 2.26. The van der Waals surface area contributed by atoms with Crippen LogP contribution in [0.1, 0.15) is 52.3 Å². The van der Waals surface area contributed by atoms with E-state index in [4.69, 9.17) is 9.52 Å². The highest BCUT2D eigenvalue weighted by Gasteiger charge is 2.27. The van der Waals surface area contributed by atoms with Crippen LogP contribution in [0.25, 0.3) is 0 Å². The molecule has 2 atom stereocenters. The van der Waals surface area contributed by atoms with Gasteiger partial charge in [-0.25, -0.2) is 0 Å². The molecule has 1 rings (SSSR count). The van der Waals surface area contributed by atoms with Crippen molar-refractivity contribution in [2.75, 3.05) is 6.61 Å². The molecule has 2 unspecified atom stereocenters. The van der Waals surface area contributed by atoms with Crippen LogP contribution in [0.2, 0.25) is 0 Å². The first-order chi connectivity index (χ1) is 7.99. The van der Waals surface area contributed by atoms with Crippen LogP contribution in [0.3, 0.4) is 0 Å². The lowest BCUT2D eigenvalue weighted by molar-refractivity contribution is 0.179. The van der Waals surface area contributed by atoms with Gasteiger partial charge in [0.1, 0.15) is 5.76 Å². The molecule has 0 amide bonds. The molecule has 3 heteroatoms. The number of furan rings is 1. The highest BCUT2D eigenvalue weighted by atomic mass is 16.3. The van der Waals surface area contributed by atoms with Gasteiger partial charge in [0.15, 0.2) is 0 Å². The summed E-state index contributed by atoms with van der Waals surface area (Å²) in [6.45, 7) is 8.92. The molecule has 0 aliphatic carbocycles. The molecule has 17 heavy (non-hydrogen) atoms. The van der Waals surface area contributed by atoms with Gasteiger partial charge >= 0.3 is 0 Å². The molecule has 0 aliphatic rings. The average Bonchev–Trinajstić information content (AvgIpc) is 2.75. The molecule has 1 aromatic heterocycles. The van der Waals surface area contributed by atoms with Gasteiger partial charge in [0.05, 0.1) is 12.3 Å². The van der Waals surface area contributed by atoms with Crippen molar-refractivity contribution < 1.29 is 9.52 Å². The van der Waals surface area contributed by atoms with Gasteiger partial charge in [0, 0.05) is 12.6 Å². The summed E-state index contributed by atoms with van der Waals surface area (Å²) in [5.41, 5.74) is 0.128. The Labute approximate surface area is 104 Å². The first kappa shape index (κ1) is 14.3. The average molecular weight is 239 g/mol. The van der Waals surface area contributed by atoms with Gasteiger partial charge in [0.2, 0.25) is 0 Å². The van der Waals surface area contributed by atoms with Gasteiger partial charge in [-0.05, 0) is 30.4 Å². The molecule has 0 fully saturated rings. The Morgan fingerprint density at radius 3 is 2.53 bits per heavy atom. The molecular weight excluding hydrogens is 214 g/mol. The molecule has 98 valence electrons. The van der Waals surface area contributed by atoms with Gasteiger partial charge in [-0.3, -0.25) is 0 Å². The molecule has 0 spiro atoms. The normalized spacial score (nSPS) is 15.8. The zero-order valence-corrected chi connectivity index (χ0v) is 11.4. The predicted octanol–water partition coefficient (Wildman–Crippen LogP) is 3.12. The van der Waals surface area contributed by atoms with Gasteiger partial charge in [-0.1, -0.05) is 27.7 Å². The van der Waals surface area contributed by atoms with Crippen molar-refractivity contribution in [3.8, 4) is 0 Å². The monoisotopic (exact) mass is 239 g/mol. The summed E-state index contributed by atoms with van der Waals surface area (Å²) in [6.07, 6.45) is 3.45. The zero-order valence-electron chi connectivity index (χ0n) is 11.4. The summed E-state index contributed by atoms with van der Waals surface area (Å²) in [7, 11) is 0. The van der Waals surface area contributed by atoms with Crippen molar-refractivity contribution in [1.29, 1.82) is 0 Å². The van der Waals surface area contributed by atoms with Gasteiger partial charge in [-0.2, -0.15) is 0 Å². The van der Waals surface area contributed by atoms with E-state index in [-0.39, 0.29) is 24.1 Å². The fourth-order valence-electron chi connectivity index (χ4n) is 2.03. The maximum atomic E-state index is 9.15. The van der Waals surface area contributed by atoms with E-state index in [0.29, 0.717) is 0 Å². The van der Waals surface area contributed by atoms with E-state index in [0.717, 1.165) is 18.6 Å². The van der Waals surface area contributed by atoms with Gasteiger partial charge < -0.3 is 14.8 Å². The van der Waals surface area contributed by atoms with Crippen LogP contribution in [-0.4, -0.2) is 17.8 Å². The summed E-state index contributed by atoms with van der Waals surface area (Å²) < 4.78 is 5.45. The third-order valence-electron chi connectivity index (χ3n) is 3.16. The van der Waals surface area contributed by atoms with E-state index in [2.05, 4.69) is 33.0 Å². The van der Waals surface area contributed by atoms with Crippen LogP contribution in [-0.2, 0) is 0 Å². The predicted molar refractivity (Wildman–Crippen MR) is 69.8 cm³/mol. The van der Waals surface area contributed by atoms with Crippen molar-refractivity contribution in [2.45, 2.75) is 52.6 Å². The second kappa shape index (κ2) is 6.22. The first-order valence-electron chi connectivity index (χ1n) is 6.39. The van der Waals surface area contributed by atoms with Crippen LogP contribution in [0.5, 0.6) is 0 Å². The van der Waals surface area contributed by atoms with Crippen LogP contribution < -0.4 is 5.32 Å². The van der Waals surface area contributed by atoms with Crippen LogP contribution in [0.4, 0.5) is 0 Å². The number of aliphatic hydroxyl groups is 1. The van der Waals surface area contributed by atoms with Crippen molar-refractivity contribution >= 4 is 0 Å². The molecule has 2 N–H and O–H groups in total. The number of nitrogens with one attached hydrogen (secondary N) is 1. The molecule has 1 heterocycles. The van der Waals surface area contributed by atoms with Crippen molar-refractivity contribution in [2.24, 2.45) is 5.41 Å². The lowest BCUT2D eigenvalue weighted by atomic mass is 9.84. The maximum Gasteiger partial charge on any atom is 0.120 e. The third kappa shape index (κ3) is 4.17. The van der Waals surface area contributed by atoms with E-state index < -0.39 is 0 Å². The van der Waals surface area contributed by atoms with Crippen molar-refractivity contribution in [3.05, 3.63) is 24.2 Å². The lowest BCUT2D eigenvalue weighted by Gasteiger charge is -2.34. The minimum atomic E-state index is 0.128. The highest BCUT2D eigenvalue weighted by molar-refractivity contribution is 5.05. The van der Waals surface area contributed by atoms with E-state index in [1.54, 1.807) is 6.26 Å². The summed E-state index contributed by atoms with van der Waals surface area (Å²) in [5, 5.41) is 12.7. The third-order valence-corrected chi connectivity index (χ3v) is 3.16. The van der Waals surface area contributed by atoms with Crippen molar-refractivity contribution in [3.63, 3.8) is 0 Å². The number of hydrogen-bond acceptors (Lipinski definition) is 3. The molecule has 0 saturated carbocycles. The SMILES string of the molecule is CCC(NC(CCO)C(C)(C)C)c1ccco1. The zero-order chi connectivity index (χ0) is 12.9. The molecule has 1 aromatic rings. The second-order valence-electron chi connectivity index (χ2n) is 5.57. The smallest absolute Gasteiger partial charge is 0.120 e. The van der Waals surface area contributed by atoms with E-state index in [9.17, 15) is 0 Å². The van der Waals surface area contributed by atoms with Gasteiger partial charge in [-0.15, -0.1) is 0 Å². The fraction of sp³-hybridized carbons (Fsp3) is 0.714. The fourth-order valence-corrected chi connectivity index (χ4v) is 2.03. The van der Waals surface area contributed by atoms with E-state index >= 15 is 0 Å². The van der Waals surface area contributed by atoms with E-state index in [1.807, 2.05) is 12.1 Å². The Morgan fingerprint density at radius 2 is 2.12 bits per heavy atom. The van der Waals surface area contributed by atoms with Crippen molar-refractivity contribution in [1.82, 2.24) is 5.32 Å².